The van der Waals surface area contributed by atoms with E-state index in [9.17, 15) is 13.2 Å². The Labute approximate surface area is 164 Å². The highest BCUT2D eigenvalue weighted by Crippen LogP contribution is 2.31. The lowest BCUT2D eigenvalue weighted by Crippen LogP contribution is -2.36. The van der Waals surface area contributed by atoms with E-state index in [1.807, 2.05) is 35.4 Å². The number of hydrogen-bond donors (Lipinski definition) is 1. The molecule has 0 spiro atoms. The van der Waals surface area contributed by atoms with Gasteiger partial charge in [-0.25, -0.2) is 0 Å². The second kappa shape index (κ2) is 8.14. The molecule has 3 rings (SSSR count). The summed E-state index contributed by atoms with van der Waals surface area (Å²) in [6, 6.07) is 12.5. The van der Waals surface area contributed by atoms with Gasteiger partial charge in [0.15, 0.2) is 5.11 Å². The van der Waals surface area contributed by atoms with Crippen LogP contribution in [0.3, 0.4) is 0 Å². The minimum atomic E-state index is -4.41. The van der Waals surface area contributed by atoms with E-state index in [1.54, 1.807) is 29.7 Å². The Kier molecular flexibility index (Phi) is 5.86. The monoisotopic (exact) mass is 410 g/mol. The predicted molar refractivity (Wildman–Crippen MR) is 105 cm³/mol. The van der Waals surface area contributed by atoms with Crippen molar-refractivity contribution in [3.8, 4) is 0 Å². The number of hydrogen-bond acceptors (Lipinski definition) is 3. The molecule has 0 bridgehead atoms. The zero-order valence-electron chi connectivity index (χ0n) is 14.4. The molecular weight excluding hydrogens is 393 g/mol. The fourth-order valence-corrected chi connectivity index (χ4v) is 3.74. The molecule has 2 aromatic heterocycles. The van der Waals surface area contributed by atoms with Crippen LogP contribution in [0.5, 0.6) is 0 Å². The summed E-state index contributed by atoms with van der Waals surface area (Å²) in [6.45, 7) is 2.39. The van der Waals surface area contributed by atoms with Crippen LogP contribution in [0.15, 0.2) is 64.6 Å². The number of furan rings is 1. The largest absolute Gasteiger partial charge is 0.467 e. The van der Waals surface area contributed by atoms with Gasteiger partial charge in [0.05, 0.1) is 24.4 Å². The summed E-state index contributed by atoms with van der Waals surface area (Å²) in [5, 5.41) is 5.23. The lowest BCUT2D eigenvalue weighted by atomic mass is 10.2. The number of thiocarbonyl (C=S) groups is 1. The van der Waals surface area contributed by atoms with Gasteiger partial charge in [-0.05, 0) is 60.9 Å². The van der Waals surface area contributed by atoms with Crippen LogP contribution in [0, 0.1) is 0 Å². The third-order valence-electron chi connectivity index (χ3n) is 4.03. The minimum Gasteiger partial charge on any atom is -0.467 e. The van der Waals surface area contributed by atoms with Gasteiger partial charge in [0.25, 0.3) is 0 Å². The molecule has 0 aliphatic heterocycles. The Morgan fingerprint density at radius 3 is 2.67 bits per heavy atom. The standard InChI is InChI=1S/C19H17F3N2OS2/c1-13(17-8-4-10-27-17)24(12-16-7-3-9-25-16)18(26)23-15-6-2-5-14(11-15)19(20,21)22/h2-11,13H,12H2,1H3,(H,23,26)/t13-/m0/s1. The number of thiophene rings is 1. The quantitative estimate of drug-likeness (QED) is 0.498. The normalized spacial score (nSPS) is 12.6. The van der Waals surface area contributed by atoms with Crippen molar-refractivity contribution in [2.24, 2.45) is 0 Å². The Morgan fingerprint density at radius 2 is 2.04 bits per heavy atom. The van der Waals surface area contributed by atoms with Crippen molar-refractivity contribution < 1.29 is 17.6 Å². The molecule has 0 saturated carbocycles. The van der Waals surface area contributed by atoms with Crippen molar-refractivity contribution in [1.82, 2.24) is 4.90 Å². The fraction of sp³-hybridized carbons (Fsp3) is 0.211. The van der Waals surface area contributed by atoms with E-state index in [0.29, 0.717) is 17.4 Å². The number of halogens is 3. The maximum absolute atomic E-state index is 12.9. The molecule has 0 unspecified atom stereocenters. The van der Waals surface area contributed by atoms with Crippen molar-refractivity contribution in [1.29, 1.82) is 0 Å². The molecule has 8 heteroatoms. The highest BCUT2D eigenvalue weighted by atomic mass is 32.1. The molecule has 0 radical (unpaired) electrons. The highest BCUT2D eigenvalue weighted by Gasteiger charge is 2.30. The zero-order chi connectivity index (χ0) is 19.4. The third kappa shape index (κ3) is 4.90. The average Bonchev–Trinajstić information content (AvgIpc) is 3.32. The summed E-state index contributed by atoms with van der Waals surface area (Å²) in [6.07, 6.45) is -2.83. The average molecular weight is 410 g/mol. The number of nitrogens with zero attached hydrogens (tertiary/aromatic N) is 1. The number of alkyl halides is 3. The van der Waals surface area contributed by atoms with Gasteiger partial charge in [0.1, 0.15) is 5.76 Å². The maximum Gasteiger partial charge on any atom is 0.416 e. The highest BCUT2D eigenvalue weighted by molar-refractivity contribution is 7.80. The van der Waals surface area contributed by atoms with Crippen molar-refractivity contribution >= 4 is 34.4 Å². The van der Waals surface area contributed by atoms with Crippen molar-refractivity contribution in [3.05, 3.63) is 76.4 Å². The van der Waals surface area contributed by atoms with E-state index >= 15 is 0 Å². The van der Waals surface area contributed by atoms with Crippen LogP contribution in [0.2, 0.25) is 0 Å². The minimum absolute atomic E-state index is 0.0686. The van der Waals surface area contributed by atoms with E-state index in [4.69, 9.17) is 16.6 Å². The summed E-state index contributed by atoms with van der Waals surface area (Å²) in [5.74, 6) is 0.714. The van der Waals surface area contributed by atoms with Gasteiger partial charge >= 0.3 is 6.18 Å². The van der Waals surface area contributed by atoms with Gasteiger partial charge < -0.3 is 14.6 Å². The maximum atomic E-state index is 12.9. The topological polar surface area (TPSA) is 28.4 Å². The van der Waals surface area contributed by atoms with E-state index in [-0.39, 0.29) is 11.7 Å². The van der Waals surface area contributed by atoms with Gasteiger partial charge in [0.2, 0.25) is 0 Å². The second-order valence-corrected chi connectivity index (χ2v) is 7.27. The number of anilines is 1. The first kappa shape index (κ1) is 19.4. The molecule has 142 valence electrons. The van der Waals surface area contributed by atoms with Crippen LogP contribution in [-0.2, 0) is 12.7 Å². The molecule has 2 heterocycles. The molecule has 1 atom stereocenters. The molecule has 1 N–H and O–H groups in total. The van der Waals surface area contributed by atoms with E-state index in [1.165, 1.54) is 6.07 Å². The van der Waals surface area contributed by atoms with Gasteiger partial charge in [-0.1, -0.05) is 12.1 Å². The molecule has 0 saturated heterocycles. The van der Waals surface area contributed by atoms with Gasteiger partial charge in [-0.3, -0.25) is 0 Å². The summed E-state index contributed by atoms with van der Waals surface area (Å²) in [7, 11) is 0. The van der Waals surface area contributed by atoms with Crippen LogP contribution in [-0.4, -0.2) is 10.0 Å². The van der Waals surface area contributed by atoms with Gasteiger partial charge in [0, 0.05) is 10.6 Å². The molecular formula is C19H17F3N2OS2. The molecule has 0 aliphatic carbocycles. The van der Waals surface area contributed by atoms with Crippen LogP contribution in [0.4, 0.5) is 18.9 Å². The first-order valence-electron chi connectivity index (χ1n) is 8.15. The van der Waals surface area contributed by atoms with E-state index < -0.39 is 11.7 Å². The summed E-state index contributed by atoms with van der Waals surface area (Å²) >= 11 is 7.11. The van der Waals surface area contributed by atoms with Crippen molar-refractivity contribution in [2.75, 3.05) is 5.32 Å². The van der Waals surface area contributed by atoms with Gasteiger partial charge in [-0.2, -0.15) is 13.2 Å². The molecule has 3 nitrogen and oxygen atoms in total. The molecule has 27 heavy (non-hydrogen) atoms. The summed E-state index contributed by atoms with van der Waals surface area (Å²) in [5.41, 5.74) is -0.433. The zero-order valence-corrected chi connectivity index (χ0v) is 16.0. The predicted octanol–water partition coefficient (Wildman–Crippen LogP) is 6.32. The molecule has 1 aromatic carbocycles. The van der Waals surface area contributed by atoms with E-state index in [0.717, 1.165) is 17.0 Å². The Hall–Kier alpha value is -2.32. The smallest absolute Gasteiger partial charge is 0.416 e. The summed E-state index contributed by atoms with van der Waals surface area (Å²) in [4.78, 5) is 2.98. The lowest BCUT2D eigenvalue weighted by molar-refractivity contribution is -0.137. The Morgan fingerprint density at radius 1 is 1.22 bits per heavy atom. The van der Waals surface area contributed by atoms with Crippen molar-refractivity contribution in [3.63, 3.8) is 0 Å². The third-order valence-corrected chi connectivity index (χ3v) is 5.41. The number of nitrogens with one attached hydrogen (secondary N) is 1. The fourth-order valence-electron chi connectivity index (χ4n) is 2.61. The van der Waals surface area contributed by atoms with Crippen LogP contribution in [0.25, 0.3) is 0 Å². The van der Waals surface area contributed by atoms with Crippen LogP contribution < -0.4 is 5.32 Å². The van der Waals surface area contributed by atoms with Crippen LogP contribution in [0.1, 0.15) is 29.2 Å². The molecule has 3 aromatic rings. The number of benzene rings is 1. The number of rotatable bonds is 5. The van der Waals surface area contributed by atoms with Crippen LogP contribution >= 0.6 is 23.6 Å². The summed E-state index contributed by atoms with van der Waals surface area (Å²) < 4.78 is 44.3. The first-order valence-corrected chi connectivity index (χ1v) is 9.44. The first-order chi connectivity index (χ1) is 12.8. The van der Waals surface area contributed by atoms with Crippen molar-refractivity contribution in [2.45, 2.75) is 25.7 Å². The lowest BCUT2D eigenvalue weighted by Gasteiger charge is -2.30. The van der Waals surface area contributed by atoms with Gasteiger partial charge in [-0.15, -0.1) is 11.3 Å². The van der Waals surface area contributed by atoms with E-state index in [2.05, 4.69) is 5.32 Å². The SMILES string of the molecule is C[C@@H](c1cccs1)N(Cc1ccco1)C(=S)Nc1cccc(C(F)(F)F)c1. The Balaban J connectivity index is 1.82. The Bertz CT molecular complexity index is 877. The molecule has 0 amide bonds. The molecule has 0 aliphatic rings. The second-order valence-electron chi connectivity index (χ2n) is 5.91. The molecule has 0 fully saturated rings.